The monoisotopic (exact) mass is 291 g/mol. The molecule has 0 bridgehead atoms. The van der Waals surface area contributed by atoms with Gasteiger partial charge < -0.3 is 14.7 Å². The molecule has 2 atom stereocenters. The van der Waals surface area contributed by atoms with Crippen molar-refractivity contribution in [3.8, 4) is 11.4 Å². The Labute approximate surface area is 122 Å². The summed E-state index contributed by atoms with van der Waals surface area (Å²) >= 11 is 1.39. The predicted molar refractivity (Wildman–Crippen MR) is 79.0 cm³/mol. The van der Waals surface area contributed by atoms with Gasteiger partial charge in [0.05, 0.1) is 25.4 Å². The Hall–Kier alpha value is -1.50. The Kier molecular flexibility index (Phi) is 3.95. The average molecular weight is 291 g/mol. The summed E-state index contributed by atoms with van der Waals surface area (Å²) in [5.74, 6) is 0.754. The number of hydrogen-bond donors (Lipinski definition) is 1. The molecule has 6 heteroatoms. The quantitative estimate of drug-likeness (QED) is 0.934. The molecule has 1 aromatic carbocycles. The van der Waals surface area contributed by atoms with E-state index in [0.717, 1.165) is 16.5 Å². The molecular weight excluding hydrogens is 274 g/mol. The summed E-state index contributed by atoms with van der Waals surface area (Å²) < 4.78 is 9.98. The minimum atomic E-state index is -0.143. The van der Waals surface area contributed by atoms with Crippen LogP contribution in [0.25, 0.3) is 11.4 Å². The highest BCUT2D eigenvalue weighted by Crippen LogP contribution is 2.27. The smallest absolute Gasteiger partial charge is 0.205 e. The van der Waals surface area contributed by atoms with E-state index in [0.29, 0.717) is 13.2 Å². The van der Waals surface area contributed by atoms with Gasteiger partial charge in [-0.05, 0) is 6.92 Å². The number of benzene rings is 1. The number of hydrogen-bond acceptors (Lipinski definition) is 6. The van der Waals surface area contributed by atoms with E-state index in [1.165, 1.54) is 11.5 Å². The normalized spacial score (nSPS) is 23.0. The Morgan fingerprint density at radius 1 is 1.40 bits per heavy atom. The Balaban J connectivity index is 1.82. The topological polar surface area (TPSA) is 58.5 Å². The van der Waals surface area contributed by atoms with Crippen molar-refractivity contribution in [2.45, 2.75) is 19.1 Å². The van der Waals surface area contributed by atoms with E-state index >= 15 is 0 Å². The maximum Gasteiger partial charge on any atom is 0.205 e. The van der Waals surface area contributed by atoms with Gasteiger partial charge >= 0.3 is 0 Å². The van der Waals surface area contributed by atoms with Crippen molar-refractivity contribution in [3.05, 3.63) is 30.3 Å². The van der Waals surface area contributed by atoms with Gasteiger partial charge in [0, 0.05) is 23.6 Å². The van der Waals surface area contributed by atoms with Crippen molar-refractivity contribution < 1.29 is 9.84 Å². The number of ether oxygens (including phenoxy) is 1. The molecule has 0 spiro atoms. The standard InChI is InChI=1S/C14H17N3O2S/c1-10-9-19-12(8-18)7-17(10)14-15-13(16-20-14)11-5-3-2-4-6-11/h2-6,10,12,18H,7-9H2,1H3/t10-,12-/m1/s1. The molecule has 2 aromatic rings. The highest BCUT2D eigenvalue weighted by Gasteiger charge is 2.28. The molecule has 20 heavy (non-hydrogen) atoms. The van der Waals surface area contributed by atoms with E-state index in [2.05, 4.69) is 21.2 Å². The van der Waals surface area contributed by atoms with Crippen LogP contribution in [0, 0.1) is 0 Å². The summed E-state index contributed by atoms with van der Waals surface area (Å²) in [6.45, 7) is 3.39. The third kappa shape index (κ3) is 2.67. The molecule has 2 heterocycles. The van der Waals surface area contributed by atoms with Crippen LogP contribution in [-0.4, -0.2) is 46.4 Å². The summed E-state index contributed by atoms with van der Waals surface area (Å²) in [5, 5.41) is 10.1. The van der Waals surface area contributed by atoms with Crippen LogP contribution in [0.3, 0.4) is 0 Å². The number of rotatable bonds is 3. The summed E-state index contributed by atoms with van der Waals surface area (Å²) in [5.41, 5.74) is 1.02. The molecule has 1 aliphatic rings. The summed E-state index contributed by atoms with van der Waals surface area (Å²) in [4.78, 5) is 6.78. The van der Waals surface area contributed by atoms with Gasteiger partial charge in [0.25, 0.3) is 0 Å². The van der Waals surface area contributed by atoms with Crippen LogP contribution in [0.2, 0.25) is 0 Å². The second-order valence-electron chi connectivity index (χ2n) is 4.91. The fourth-order valence-corrected chi connectivity index (χ4v) is 3.03. The zero-order valence-corrected chi connectivity index (χ0v) is 12.1. The zero-order chi connectivity index (χ0) is 13.9. The van der Waals surface area contributed by atoms with Crippen LogP contribution in [0.1, 0.15) is 6.92 Å². The molecule has 0 aliphatic carbocycles. The van der Waals surface area contributed by atoms with E-state index in [4.69, 9.17) is 4.74 Å². The Morgan fingerprint density at radius 2 is 2.20 bits per heavy atom. The lowest BCUT2D eigenvalue weighted by Crippen LogP contribution is -2.49. The van der Waals surface area contributed by atoms with Gasteiger partial charge in [-0.1, -0.05) is 30.3 Å². The van der Waals surface area contributed by atoms with Crippen molar-refractivity contribution in [2.24, 2.45) is 0 Å². The first kappa shape index (κ1) is 13.5. The first-order valence-corrected chi connectivity index (χ1v) is 7.43. The summed E-state index contributed by atoms with van der Waals surface area (Å²) in [7, 11) is 0. The summed E-state index contributed by atoms with van der Waals surface area (Å²) in [6, 6.07) is 10.2. The van der Waals surface area contributed by atoms with Crippen LogP contribution in [0.5, 0.6) is 0 Å². The van der Waals surface area contributed by atoms with Gasteiger partial charge in [-0.25, -0.2) is 0 Å². The van der Waals surface area contributed by atoms with Crippen molar-refractivity contribution in [2.75, 3.05) is 24.7 Å². The second-order valence-corrected chi connectivity index (χ2v) is 5.64. The zero-order valence-electron chi connectivity index (χ0n) is 11.3. The molecule has 0 amide bonds. The summed E-state index contributed by atoms with van der Waals surface area (Å²) in [6.07, 6.45) is -0.143. The van der Waals surface area contributed by atoms with Crippen LogP contribution in [-0.2, 0) is 4.74 Å². The highest BCUT2D eigenvalue weighted by molar-refractivity contribution is 7.09. The first-order valence-electron chi connectivity index (χ1n) is 6.66. The molecule has 0 unspecified atom stereocenters. The predicted octanol–water partition coefficient (Wildman–Crippen LogP) is 1.79. The number of aliphatic hydroxyl groups excluding tert-OH is 1. The minimum absolute atomic E-state index is 0.0353. The first-order chi connectivity index (χ1) is 9.78. The van der Waals surface area contributed by atoms with Gasteiger partial charge in [-0.2, -0.15) is 9.36 Å². The van der Waals surface area contributed by atoms with Crippen LogP contribution >= 0.6 is 11.5 Å². The molecule has 1 aromatic heterocycles. The molecule has 3 rings (SSSR count). The molecule has 1 saturated heterocycles. The second kappa shape index (κ2) is 5.87. The maximum absolute atomic E-state index is 9.24. The molecule has 0 saturated carbocycles. The van der Waals surface area contributed by atoms with Crippen molar-refractivity contribution in [1.29, 1.82) is 0 Å². The molecule has 106 valence electrons. The van der Waals surface area contributed by atoms with Gasteiger partial charge in [0.2, 0.25) is 5.13 Å². The number of morpholine rings is 1. The lowest BCUT2D eigenvalue weighted by Gasteiger charge is -2.36. The number of aliphatic hydroxyl groups is 1. The van der Waals surface area contributed by atoms with Crippen LogP contribution in [0.4, 0.5) is 5.13 Å². The number of nitrogens with zero attached hydrogens (tertiary/aromatic N) is 3. The number of aromatic nitrogens is 2. The van der Waals surface area contributed by atoms with Gasteiger partial charge in [0.15, 0.2) is 5.82 Å². The van der Waals surface area contributed by atoms with Crippen molar-refractivity contribution >= 4 is 16.7 Å². The third-order valence-corrected chi connectivity index (χ3v) is 4.16. The SMILES string of the molecule is C[C@@H]1CO[C@@H](CO)CN1c1nc(-c2ccccc2)ns1. The van der Waals surface area contributed by atoms with Crippen molar-refractivity contribution in [3.63, 3.8) is 0 Å². The minimum Gasteiger partial charge on any atom is -0.394 e. The Bertz CT molecular complexity index is 561. The number of anilines is 1. The molecule has 5 nitrogen and oxygen atoms in total. The van der Waals surface area contributed by atoms with E-state index in [1.54, 1.807) is 0 Å². The van der Waals surface area contributed by atoms with E-state index < -0.39 is 0 Å². The van der Waals surface area contributed by atoms with Crippen LogP contribution < -0.4 is 4.90 Å². The van der Waals surface area contributed by atoms with Gasteiger partial charge in [0.1, 0.15) is 0 Å². The van der Waals surface area contributed by atoms with E-state index in [9.17, 15) is 5.11 Å². The molecular formula is C14H17N3O2S. The average Bonchev–Trinajstić information content (AvgIpc) is 2.98. The fraction of sp³-hybridized carbons (Fsp3) is 0.429. The molecule has 1 fully saturated rings. The van der Waals surface area contributed by atoms with Gasteiger partial charge in [-0.3, -0.25) is 0 Å². The fourth-order valence-electron chi connectivity index (χ4n) is 2.23. The molecule has 1 aliphatic heterocycles. The van der Waals surface area contributed by atoms with Crippen LogP contribution in [0.15, 0.2) is 30.3 Å². The van der Waals surface area contributed by atoms with E-state index in [1.807, 2.05) is 30.3 Å². The largest absolute Gasteiger partial charge is 0.394 e. The molecule has 1 N–H and O–H groups in total. The Morgan fingerprint density at radius 3 is 2.95 bits per heavy atom. The molecule has 0 radical (unpaired) electrons. The van der Waals surface area contributed by atoms with Gasteiger partial charge in [-0.15, -0.1) is 0 Å². The van der Waals surface area contributed by atoms with E-state index in [-0.39, 0.29) is 18.8 Å². The lowest BCUT2D eigenvalue weighted by molar-refractivity contribution is -0.0103. The lowest BCUT2D eigenvalue weighted by atomic mass is 10.2. The maximum atomic E-state index is 9.24. The van der Waals surface area contributed by atoms with Crippen molar-refractivity contribution in [1.82, 2.24) is 9.36 Å². The third-order valence-electron chi connectivity index (χ3n) is 3.40. The highest BCUT2D eigenvalue weighted by atomic mass is 32.1.